The first-order valence-corrected chi connectivity index (χ1v) is 6.21. The molecule has 94 valence electrons. The summed E-state index contributed by atoms with van der Waals surface area (Å²) < 4.78 is 0. The summed E-state index contributed by atoms with van der Waals surface area (Å²) in [5.41, 5.74) is 4.59. The summed E-state index contributed by atoms with van der Waals surface area (Å²) in [7, 11) is 4.05. The second-order valence-electron chi connectivity index (χ2n) is 5.04. The predicted octanol–water partition coefficient (Wildman–Crippen LogP) is 3.31. The van der Waals surface area contributed by atoms with Gasteiger partial charge in [-0.2, -0.15) is 0 Å². The van der Waals surface area contributed by atoms with Gasteiger partial charge in [0.25, 0.3) is 0 Å². The molecule has 0 bridgehead atoms. The van der Waals surface area contributed by atoms with Gasteiger partial charge in [-0.05, 0) is 36.6 Å². The summed E-state index contributed by atoms with van der Waals surface area (Å²) in [6, 6.07) is 8.45. The molecule has 0 heterocycles. The zero-order chi connectivity index (χ0) is 13.1. The minimum absolute atomic E-state index is 0.212. The zero-order valence-electron chi connectivity index (χ0n) is 11.2. The van der Waals surface area contributed by atoms with Crippen LogP contribution in [0, 0.1) is 0 Å². The molecule has 2 nitrogen and oxygen atoms in total. The lowest BCUT2D eigenvalue weighted by atomic mass is 9.83. The normalized spacial score (nSPS) is 18.9. The molecule has 0 fully saturated rings. The first-order chi connectivity index (χ1) is 8.61. The van der Waals surface area contributed by atoms with Gasteiger partial charge >= 0.3 is 0 Å². The van der Waals surface area contributed by atoms with Gasteiger partial charge in [0.2, 0.25) is 0 Å². The maximum Gasteiger partial charge on any atom is 0.146 e. The molecule has 1 unspecified atom stereocenters. The van der Waals surface area contributed by atoms with Gasteiger partial charge in [0.1, 0.15) is 6.29 Å². The molecule has 2 rings (SSSR count). The third-order valence-corrected chi connectivity index (χ3v) is 3.44. The van der Waals surface area contributed by atoms with Crippen LogP contribution in [-0.2, 0) is 4.79 Å². The Morgan fingerprint density at radius 2 is 1.83 bits per heavy atom. The van der Waals surface area contributed by atoms with Crippen LogP contribution in [-0.4, -0.2) is 20.4 Å². The van der Waals surface area contributed by atoms with E-state index in [1.54, 1.807) is 0 Å². The van der Waals surface area contributed by atoms with Gasteiger partial charge < -0.3 is 4.90 Å². The lowest BCUT2D eigenvalue weighted by molar-refractivity contribution is -0.105. The van der Waals surface area contributed by atoms with Crippen LogP contribution in [0.4, 0.5) is 5.69 Å². The van der Waals surface area contributed by atoms with Crippen molar-refractivity contribution < 1.29 is 4.79 Å². The minimum atomic E-state index is 0.212. The topological polar surface area (TPSA) is 20.3 Å². The monoisotopic (exact) mass is 241 g/mol. The Morgan fingerprint density at radius 3 is 2.39 bits per heavy atom. The molecule has 1 aromatic rings. The second-order valence-corrected chi connectivity index (χ2v) is 5.04. The summed E-state index contributed by atoms with van der Waals surface area (Å²) in [5.74, 6) is 0.212. The molecule has 0 spiro atoms. The Bertz CT molecular complexity index is 494. The summed E-state index contributed by atoms with van der Waals surface area (Å²) in [5, 5.41) is 0. The van der Waals surface area contributed by atoms with Crippen LogP contribution < -0.4 is 4.90 Å². The molecule has 0 radical (unpaired) electrons. The number of allylic oxidation sites excluding steroid dienone is 4. The highest BCUT2D eigenvalue weighted by molar-refractivity contribution is 5.77. The van der Waals surface area contributed by atoms with Gasteiger partial charge in [-0.25, -0.2) is 0 Å². The van der Waals surface area contributed by atoms with Crippen molar-refractivity contribution in [1.29, 1.82) is 0 Å². The Hall–Kier alpha value is -1.83. The van der Waals surface area contributed by atoms with Gasteiger partial charge in [0.15, 0.2) is 0 Å². The molecule has 0 aromatic heterocycles. The number of hydrogen-bond donors (Lipinski definition) is 0. The molecule has 1 aliphatic rings. The van der Waals surface area contributed by atoms with Crippen molar-refractivity contribution in [2.24, 2.45) is 0 Å². The summed E-state index contributed by atoms with van der Waals surface area (Å²) >= 11 is 0. The van der Waals surface area contributed by atoms with E-state index in [1.165, 1.54) is 16.8 Å². The van der Waals surface area contributed by atoms with Crippen molar-refractivity contribution in [3.63, 3.8) is 0 Å². The molecule has 0 aliphatic heterocycles. The van der Waals surface area contributed by atoms with Crippen LogP contribution in [0.2, 0.25) is 0 Å². The number of hydrogen-bond acceptors (Lipinski definition) is 2. The number of carbonyl (C=O) groups excluding carboxylic acids is 1. The van der Waals surface area contributed by atoms with E-state index in [2.05, 4.69) is 36.1 Å². The molecule has 0 saturated carbocycles. The number of nitrogens with zero attached hydrogens (tertiary/aromatic N) is 1. The van der Waals surface area contributed by atoms with Crippen LogP contribution in [0.5, 0.6) is 0 Å². The average molecular weight is 241 g/mol. The third kappa shape index (κ3) is 2.53. The van der Waals surface area contributed by atoms with Crippen molar-refractivity contribution in [3.05, 3.63) is 53.1 Å². The quantitative estimate of drug-likeness (QED) is 0.757. The number of carbonyl (C=O) groups is 1. The largest absolute Gasteiger partial charge is 0.378 e. The SMILES string of the molecule is CC1=CC=C(C=O)C(c2ccc(N(C)C)cc2)C1. The standard InChI is InChI=1S/C16H19NO/c1-12-4-5-14(11-18)16(10-12)13-6-8-15(9-7-13)17(2)3/h4-9,11,16H,10H2,1-3H3. The van der Waals surface area contributed by atoms with E-state index in [0.29, 0.717) is 0 Å². The van der Waals surface area contributed by atoms with E-state index >= 15 is 0 Å². The van der Waals surface area contributed by atoms with Gasteiger partial charge in [-0.15, -0.1) is 0 Å². The summed E-state index contributed by atoms with van der Waals surface area (Å²) in [6.45, 7) is 2.11. The number of benzene rings is 1. The van der Waals surface area contributed by atoms with Crippen molar-refractivity contribution >= 4 is 12.0 Å². The molecule has 2 heteroatoms. The Morgan fingerprint density at radius 1 is 1.17 bits per heavy atom. The molecule has 1 atom stereocenters. The van der Waals surface area contributed by atoms with Gasteiger partial charge in [-0.3, -0.25) is 4.79 Å². The smallest absolute Gasteiger partial charge is 0.146 e. The highest BCUT2D eigenvalue weighted by Gasteiger charge is 2.19. The summed E-state index contributed by atoms with van der Waals surface area (Å²) in [6.07, 6.45) is 5.89. The molecule has 18 heavy (non-hydrogen) atoms. The van der Waals surface area contributed by atoms with E-state index in [-0.39, 0.29) is 5.92 Å². The third-order valence-electron chi connectivity index (χ3n) is 3.44. The highest BCUT2D eigenvalue weighted by atomic mass is 16.1. The Kier molecular flexibility index (Phi) is 3.66. The maximum atomic E-state index is 11.1. The number of aldehydes is 1. The van der Waals surface area contributed by atoms with Gasteiger partial charge in [0.05, 0.1) is 0 Å². The second kappa shape index (κ2) is 5.21. The number of rotatable bonds is 3. The number of anilines is 1. The van der Waals surface area contributed by atoms with E-state index < -0.39 is 0 Å². The molecular formula is C16H19NO. The molecule has 0 saturated heterocycles. The van der Waals surface area contributed by atoms with Crippen molar-refractivity contribution in [1.82, 2.24) is 0 Å². The fourth-order valence-corrected chi connectivity index (χ4v) is 2.30. The fraction of sp³-hybridized carbons (Fsp3) is 0.312. The average Bonchev–Trinajstić information content (AvgIpc) is 2.39. The Labute approximate surface area is 109 Å². The van der Waals surface area contributed by atoms with E-state index in [9.17, 15) is 4.79 Å². The molecule has 1 aliphatic carbocycles. The van der Waals surface area contributed by atoms with Crippen LogP contribution in [0.15, 0.2) is 47.6 Å². The minimum Gasteiger partial charge on any atom is -0.378 e. The fourth-order valence-electron chi connectivity index (χ4n) is 2.30. The zero-order valence-corrected chi connectivity index (χ0v) is 11.2. The Balaban J connectivity index is 2.28. The maximum absolute atomic E-state index is 11.1. The van der Waals surface area contributed by atoms with Gasteiger partial charge in [-0.1, -0.05) is 29.9 Å². The van der Waals surface area contributed by atoms with Crippen molar-refractivity contribution in [2.45, 2.75) is 19.3 Å². The molecule has 0 amide bonds. The lowest BCUT2D eigenvalue weighted by Gasteiger charge is -2.22. The van der Waals surface area contributed by atoms with Crippen LogP contribution >= 0.6 is 0 Å². The van der Waals surface area contributed by atoms with Crippen LogP contribution in [0.3, 0.4) is 0 Å². The molecule has 1 aromatic carbocycles. The first-order valence-electron chi connectivity index (χ1n) is 6.21. The van der Waals surface area contributed by atoms with E-state index in [4.69, 9.17) is 0 Å². The highest BCUT2D eigenvalue weighted by Crippen LogP contribution is 2.33. The van der Waals surface area contributed by atoms with Crippen LogP contribution in [0.25, 0.3) is 0 Å². The predicted molar refractivity (Wildman–Crippen MR) is 76.0 cm³/mol. The lowest BCUT2D eigenvalue weighted by Crippen LogP contribution is -2.10. The van der Waals surface area contributed by atoms with E-state index in [1.807, 2.05) is 26.2 Å². The van der Waals surface area contributed by atoms with Crippen molar-refractivity contribution in [2.75, 3.05) is 19.0 Å². The van der Waals surface area contributed by atoms with Crippen molar-refractivity contribution in [3.8, 4) is 0 Å². The molecule has 0 N–H and O–H groups in total. The van der Waals surface area contributed by atoms with Gasteiger partial charge in [0, 0.05) is 25.7 Å². The van der Waals surface area contributed by atoms with E-state index in [0.717, 1.165) is 18.3 Å². The molecular weight excluding hydrogens is 222 g/mol. The van der Waals surface area contributed by atoms with Crippen LogP contribution in [0.1, 0.15) is 24.8 Å². The summed E-state index contributed by atoms with van der Waals surface area (Å²) in [4.78, 5) is 13.2. The first kappa shape index (κ1) is 12.6.